The zero-order valence-corrected chi connectivity index (χ0v) is 11.1. The Morgan fingerprint density at radius 2 is 1.78 bits per heavy atom. The zero-order valence-electron chi connectivity index (χ0n) is 10.3. The minimum absolute atomic E-state index is 0.0493. The Kier molecular flexibility index (Phi) is 3.87. The molecule has 0 unspecified atom stereocenters. The lowest BCUT2D eigenvalue weighted by Crippen LogP contribution is -2.45. The number of piperidine rings is 1. The highest BCUT2D eigenvalue weighted by Gasteiger charge is 2.28. The summed E-state index contributed by atoms with van der Waals surface area (Å²) in [7, 11) is -3.35. The van der Waals surface area contributed by atoms with E-state index in [0.717, 1.165) is 25.9 Å². The number of nitrogens with one attached hydrogen (secondary N) is 1. The summed E-state index contributed by atoms with van der Waals surface area (Å²) in [5.41, 5.74) is 0.533. The van der Waals surface area contributed by atoms with Crippen LogP contribution in [0.1, 0.15) is 12.8 Å². The van der Waals surface area contributed by atoms with Gasteiger partial charge in [0.05, 0.1) is 11.9 Å². The number of benzene rings is 1. The molecule has 0 aromatic heterocycles. The second-order valence-electron chi connectivity index (χ2n) is 4.52. The molecule has 0 bridgehead atoms. The van der Waals surface area contributed by atoms with E-state index >= 15 is 0 Å². The van der Waals surface area contributed by atoms with Gasteiger partial charge in [0.15, 0.2) is 0 Å². The number of rotatable bonds is 3. The SMILES string of the molecule is CS(=O)(=O)N(c1ccc(F)cc1)C1CCNCC1. The third-order valence-corrected chi connectivity index (χ3v) is 4.30. The van der Waals surface area contributed by atoms with Crippen LogP contribution in [-0.2, 0) is 10.0 Å². The van der Waals surface area contributed by atoms with Crippen molar-refractivity contribution in [3.63, 3.8) is 0 Å². The predicted molar refractivity (Wildman–Crippen MR) is 69.6 cm³/mol. The second kappa shape index (κ2) is 5.24. The van der Waals surface area contributed by atoms with Gasteiger partial charge in [0, 0.05) is 6.04 Å². The summed E-state index contributed by atoms with van der Waals surface area (Å²) in [5, 5.41) is 3.20. The molecular formula is C12H17FN2O2S. The minimum Gasteiger partial charge on any atom is -0.317 e. The van der Waals surface area contributed by atoms with E-state index in [0.29, 0.717) is 5.69 Å². The molecule has 1 saturated heterocycles. The van der Waals surface area contributed by atoms with Crippen LogP contribution in [0.5, 0.6) is 0 Å². The zero-order chi connectivity index (χ0) is 13.2. The van der Waals surface area contributed by atoms with Crippen LogP contribution in [0.2, 0.25) is 0 Å². The monoisotopic (exact) mass is 272 g/mol. The van der Waals surface area contributed by atoms with Gasteiger partial charge in [-0.1, -0.05) is 0 Å². The Hall–Kier alpha value is -1.14. The van der Waals surface area contributed by atoms with Crippen molar-refractivity contribution in [2.45, 2.75) is 18.9 Å². The van der Waals surface area contributed by atoms with E-state index in [1.165, 1.54) is 34.8 Å². The lowest BCUT2D eigenvalue weighted by molar-refractivity contribution is 0.454. The smallest absolute Gasteiger partial charge is 0.232 e. The first kappa shape index (κ1) is 13.3. The van der Waals surface area contributed by atoms with Gasteiger partial charge in [-0.15, -0.1) is 0 Å². The van der Waals surface area contributed by atoms with Crippen LogP contribution in [0, 0.1) is 5.82 Å². The molecule has 0 atom stereocenters. The van der Waals surface area contributed by atoms with Gasteiger partial charge in [-0.25, -0.2) is 12.8 Å². The summed E-state index contributed by atoms with van der Waals surface area (Å²) in [5.74, 6) is -0.363. The molecule has 1 aromatic carbocycles. The van der Waals surface area contributed by atoms with Gasteiger partial charge in [0.1, 0.15) is 5.82 Å². The lowest BCUT2D eigenvalue weighted by atomic mass is 10.1. The number of sulfonamides is 1. The van der Waals surface area contributed by atoms with Crippen molar-refractivity contribution in [1.29, 1.82) is 0 Å². The van der Waals surface area contributed by atoms with Crippen LogP contribution >= 0.6 is 0 Å². The van der Waals surface area contributed by atoms with Crippen LogP contribution in [-0.4, -0.2) is 33.8 Å². The van der Waals surface area contributed by atoms with Crippen LogP contribution in [0.15, 0.2) is 24.3 Å². The van der Waals surface area contributed by atoms with E-state index in [1.807, 2.05) is 0 Å². The highest BCUT2D eigenvalue weighted by molar-refractivity contribution is 7.92. The molecule has 6 heteroatoms. The van der Waals surface area contributed by atoms with Crippen LogP contribution < -0.4 is 9.62 Å². The Morgan fingerprint density at radius 3 is 2.28 bits per heavy atom. The first-order valence-electron chi connectivity index (χ1n) is 5.94. The topological polar surface area (TPSA) is 49.4 Å². The summed E-state index contributed by atoms with van der Waals surface area (Å²) < 4.78 is 38.2. The summed E-state index contributed by atoms with van der Waals surface area (Å²) in [6.07, 6.45) is 2.73. The number of nitrogens with zero attached hydrogens (tertiary/aromatic N) is 1. The van der Waals surface area contributed by atoms with E-state index < -0.39 is 10.0 Å². The molecule has 0 radical (unpaired) electrons. The van der Waals surface area contributed by atoms with Gasteiger partial charge in [-0.2, -0.15) is 0 Å². The van der Waals surface area contributed by atoms with Gasteiger partial charge in [0.2, 0.25) is 10.0 Å². The van der Waals surface area contributed by atoms with E-state index in [-0.39, 0.29) is 11.9 Å². The maximum absolute atomic E-state index is 12.9. The molecule has 1 fully saturated rings. The Bertz CT molecular complexity index is 495. The fourth-order valence-electron chi connectivity index (χ4n) is 2.30. The highest BCUT2D eigenvalue weighted by Crippen LogP contribution is 2.24. The van der Waals surface area contributed by atoms with Crippen molar-refractivity contribution in [2.75, 3.05) is 23.7 Å². The third kappa shape index (κ3) is 3.00. The summed E-state index contributed by atoms with van der Waals surface area (Å²) in [6, 6.07) is 5.55. The maximum Gasteiger partial charge on any atom is 0.232 e. The van der Waals surface area contributed by atoms with Gasteiger partial charge < -0.3 is 5.32 Å². The molecule has 4 nitrogen and oxygen atoms in total. The van der Waals surface area contributed by atoms with Crippen LogP contribution in [0.3, 0.4) is 0 Å². The molecule has 2 rings (SSSR count). The molecule has 0 amide bonds. The molecule has 1 aliphatic rings. The average Bonchev–Trinajstić information content (AvgIpc) is 2.32. The van der Waals surface area contributed by atoms with Crippen molar-refractivity contribution >= 4 is 15.7 Å². The Morgan fingerprint density at radius 1 is 1.22 bits per heavy atom. The van der Waals surface area contributed by atoms with E-state index in [9.17, 15) is 12.8 Å². The lowest BCUT2D eigenvalue weighted by Gasteiger charge is -2.34. The van der Waals surface area contributed by atoms with Crippen LogP contribution in [0.4, 0.5) is 10.1 Å². The van der Waals surface area contributed by atoms with E-state index in [4.69, 9.17) is 0 Å². The number of hydrogen-bond acceptors (Lipinski definition) is 3. The standard InChI is InChI=1S/C12H17FN2O2S/c1-18(16,17)15(12-6-8-14-9-7-12)11-4-2-10(13)3-5-11/h2-5,12,14H,6-9H2,1H3. The Labute approximate surface area is 107 Å². The Balaban J connectivity index is 2.33. The second-order valence-corrected chi connectivity index (χ2v) is 6.38. The molecule has 0 spiro atoms. The summed E-state index contributed by atoms with van der Waals surface area (Å²) in [6.45, 7) is 1.61. The van der Waals surface area contributed by atoms with Crippen molar-refractivity contribution < 1.29 is 12.8 Å². The van der Waals surface area contributed by atoms with Crippen molar-refractivity contribution in [3.05, 3.63) is 30.1 Å². The molecule has 0 saturated carbocycles. The predicted octanol–water partition coefficient (Wildman–Crippen LogP) is 1.34. The molecular weight excluding hydrogens is 255 g/mol. The third-order valence-electron chi connectivity index (χ3n) is 3.08. The normalized spacial score (nSPS) is 17.7. The summed E-state index contributed by atoms with van der Waals surface area (Å²) >= 11 is 0. The molecule has 1 N–H and O–H groups in total. The van der Waals surface area contributed by atoms with Crippen molar-refractivity contribution in [2.24, 2.45) is 0 Å². The van der Waals surface area contributed by atoms with Crippen molar-refractivity contribution in [1.82, 2.24) is 5.32 Å². The number of anilines is 1. The molecule has 1 aliphatic heterocycles. The van der Waals surface area contributed by atoms with Crippen LogP contribution in [0.25, 0.3) is 0 Å². The number of hydrogen-bond donors (Lipinski definition) is 1. The minimum atomic E-state index is -3.35. The van der Waals surface area contributed by atoms with Gasteiger partial charge >= 0.3 is 0 Å². The van der Waals surface area contributed by atoms with E-state index in [2.05, 4.69) is 5.32 Å². The van der Waals surface area contributed by atoms with Gasteiger partial charge in [-0.3, -0.25) is 4.31 Å². The first-order valence-corrected chi connectivity index (χ1v) is 7.79. The van der Waals surface area contributed by atoms with E-state index in [1.54, 1.807) is 0 Å². The fraction of sp³-hybridized carbons (Fsp3) is 0.500. The quantitative estimate of drug-likeness (QED) is 0.903. The molecule has 100 valence electrons. The van der Waals surface area contributed by atoms with Crippen molar-refractivity contribution in [3.8, 4) is 0 Å². The molecule has 18 heavy (non-hydrogen) atoms. The molecule has 1 heterocycles. The maximum atomic E-state index is 12.9. The highest BCUT2D eigenvalue weighted by atomic mass is 32.2. The summed E-state index contributed by atoms with van der Waals surface area (Å²) in [4.78, 5) is 0. The average molecular weight is 272 g/mol. The largest absolute Gasteiger partial charge is 0.317 e. The fourth-order valence-corrected chi connectivity index (χ4v) is 3.56. The first-order chi connectivity index (χ1) is 8.48. The van der Waals surface area contributed by atoms with Gasteiger partial charge in [0.25, 0.3) is 0 Å². The molecule has 0 aliphatic carbocycles. The van der Waals surface area contributed by atoms with Gasteiger partial charge in [-0.05, 0) is 50.2 Å². The molecule has 1 aromatic rings. The number of halogens is 1.